The number of nitrogens with one attached hydrogen (secondary N) is 3. The van der Waals surface area contributed by atoms with E-state index in [9.17, 15) is 9.59 Å². The molecule has 0 unspecified atom stereocenters. The Balaban J connectivity index is 1.02. The zero-order valence-corrected chi connectivity index (χ0v) is 28.7. The third-order valence-electron chi connectivity index (χ3n) is 10.6. The number of thioether (sulfide) groups is 1. The van der Waals surface area contributed by atoms with Gasteiger partial charge in [0.2, 0.25) is 5.91 Å². The number of pyridine rings is 1. The minimum absolute atomic E-state index is 0.0544. The number of piperidine rings is 2. The summed E-state index contributed by atoms with van der Waals surface area (Å²) in [6.07, 6.45) is 7.56. The Morgan fingerprint density at radius 3 is 2.57 bits per heavy atom. The number of hydrogen-bond acceptors (Lipinski definition) is 7. The Labute approximate surface area is 280 Å². The highest BCUT2D eigenvalue weighted by molar-refractivity contribution is 7.99. The van der Waals surface area contributed by atoms with Crippen LogP contribution in [-0.4, -0.2) is 123 Å². The number of hydrogen-bond donors (Lipinski definition) is 3. The normalized spacial score (nSPS) is 21.1. The summed E-state index contributed by atoms with van der Waals surface area (Å²) in [4.78, 5) is 39.4. The summed E-state index contributed by atoms with van der Waals surface area (Å²) in [7, 11) is 2.20. The Kier molecular flexibility index (Phi) is 9.40. The molecule has 246 valence electrons. The highest BCUT2D eigenvalue weighted by Gasteiger charge is 2.33. The van der Waals surface area contributed by atoms with E-state index in [1.54, 1.807) is 11.8 Å². The van der Waals surface area contributed by atoms with Gasteiger partial charge in [-0.25, -0.2) is 0 Å². The first-order chi connectivity index (χ1) is 22.3. The first-order valence-electron chi connectivity index (χ1n) is 16.9. The number of fused-ring (bicyclic) bond motifs is 2. The number of carbonyl (C=O) groups is 1. The monoisotopic (exact) mass is 662 g/mol. The van der Waals surface area contributed by atoms with Gasteiger partial charge >= 0.3 is 0 Å². The lowest BCUT2D eigenvalue weighted by Gasteiger charge is -2.43. The number of likely N-dealkylation sites (tertiary alicyclic amines) is 2. The van der Waals surface area contributed by atoms with E-state index in [-0.39, 0.29) is 17.4 Å². The SMILES string of the molecule is Cc1cc(C[C@@H](NC(=S)N2CCC(c3cc4c([nH]c3=O)SCC4)CC2)C(=O)N2CCN(C3CCN(C)CC3)CC2)cc2cn[nH]c12. The van der Waals surface area contributed by atoms with E-state index in [0.29, 0.717) is 17.6 Å². The Morgan fingerprint density at radius 2 is 1.80 bits per heavy atom. The van der Waals surface area contributed by atoms with Crippen LogP contribution in [0, 0.1) is 6.92 Å². The minimum atomic E-state index is -0.457. The van der Waals surface area contributed by atoms with E-state index in [4.69, 9.17) is 12.2 Å². The van der Waals surface area contributed by atoms with Crippen LogP contribution in [0.3, 0.4) is 0 Å². The van der Waals surface area contributed by atoms with Gasteiger partial charge in [-0.05, 0) is 106 Å². The van der Waals surface area contributed by atoms with Crippen molar-refractivity contribution in [2.75, 3.05) is 65.2 Å². The largest absolute Gasteiger partial charge is 0.350 e. The molecule has 2 aromatic heterocycles. The van der Waals surface area contributed by atoms with Crippen LogP contribution in [0.2, 0.25) is 0 Å². The summed E-state index contributed by atoms with van der Waals surface area (Å²) in [5, 5.41) is 13.6. The number of H-pyrrole nitrogens is 2. The lowest BCUT2D eigenvalue weighted by molar-refractivity contribution is -0.135. The lowest BCUT2D eigenvalue weighted by atomic mass is 9.89. The van der Waals surface area contributed by atoms with Gasteiger partial charge in [0.1, 0.15) is 6.04 Å². The topological polar surface area (TPSA) is 104 Å². The van der Waals surface area contributed by atoms with Crippen molar-refractivity contribution in [1.29, 1.82) is 0 Å². The third kappa shape index (κ3) is 6.72. The standard InChI is InChI=1S/C34H46N8O2S2/c1-22-17-23(18-26-21-35-38-30(22)26)19-29(33(44)41-14-12-40(13-15-41)27-5-8-39(2)9-6-27)36-34(45)42-10-3-24(4-11-42)28-20-25-7-16-46-32(25)37-31(28)43/h17-18,20-21,24,27,29H,3-16,19H2,1-2H3,(H,35,38)(H,36,45)(H,37,43)/t29-/m1/s1. The summed E-state index contributed by atoms with van der Waals surface area (Å²) in [5.41, 5.74) is 5.49. The van der Waals surface area contributed by atoms with E-state index >= 15 is 0 Å². The Bertz CT molecular complexity index is 1630. The van der Waals surface area contributed by atoms with Crippen molar-refractivity contribution in [2.45, 2.75) is 68.5 Å². The van der Waals surface area contributed by atoms with Gasteiger partial charge in [-0.2, -0.15) is 5.10 Å². The molecule has 3 saturated heterocycles. The molecule has 0 radical (unpaired) electrons. The van der Waals surface area contributed by atoms with E-state index in [1.807, 2.05) is 11.1 Å². The van der Waals surface area contributed by atoms with E-state index in [0.717, 1.165) is 110 Å². The van der Waals surface area contributed by atoms with Gasteiger partial charge in [0.25, 0.3) is 5.56 Å². The molecule has 3 N–H and O–H groups in total. The summed E-state index contributed by atoms with van der Waals surface area (Å²) >= 11 is 7.72. The fourth-order valence-electron chi connectivity index (χ4n) is 7.84. The van der Waals surface area contributed by atoms with Crippen LogP contribution in [0.5, 0.6) is 0 Å². The molecule has 12 heteroatoms. The van der Waals surface area contributed by atoms with Crippen molar-refractivity contribution in [3.8, 4) is 0 Å². The van der Waals surface area contributed by atoms with Crippen LogP contribution >= 0.6 is 24.0 Å². The predicted molar refractivity (Wildman–Crippen MR) is 188 cm³/mol. The fourth-order valence-corrected chi connectivity index (χ4v) is 9.21. The Morgan fingerprint density at radius 1 is 1.04 bits per heavy atom. The summed E-state index contributed by atoms with van der Waals surface area (Å²) < 4.78 is 0. The van der Waals surface area contributed by atoms with Crippen molar-refractivity contribution in [2.24, 2.45) is 0 Å². The molecule has 4 aliphatic rings. The van der Waals surface area contributed by atoms with E-state index < -0.39 is 6.04 Å². The zero-order chi connectivity index (χ0) is 31.8. The lowest BCUT2D eigenvalue weighted by Crippen LogP contribution is -2.59. The third-order valence-corrected chi connectivity index (χ3v) is 12.1. The van der Waals surface area contributed by atoms with Gasteiger partial charge in [-0.1, -0.05) is 6.07 Å². The van der Waals surface area contributed by atoms with Crippen molar-refractivity contribution < 1.29 is 4.79 Å². The molecule has 0 spiro atoms. The van der Waals surface area contributed by atoms with Crippen molar-refractivity contribution in [1.82, 2.24) is 40.1 Å². The fraction of sp³-hybridized carbons (Fsp3) is 0.588. The van der Waals surface area contributed by atoms with Crippen LogP contribution in [0.15, 0.2) is 34.2 Å². The van der Waals surface area contributed by atoms with Gasteiger partial charge < -0.3 is 25.0 Å². The number of aromatic amines is 2. The van der Waals surface area contributed by atoms with Gasteiger partial charge in [0.05, 0.1) is 16.7 Å². The molecular weight excluding hydrogens is 617 g/mol. The summed E-state index contributed by atoms with van der Waals surface area (Å²) in [6.45, 7) is 9.23. The highest BCUT2D eigenvalue weighted by Crippen LogP contribution is 2.32. The number of amides is 1. The number of benzene rings is 1. The number of aromatic nitrogens is 3. The van der Waals surface area contributed by atoms with Crippen LogP contribution in [0.25, 0.3) is 10.9 Å². The maximum Gasteiger partial charge on any atom is 0.252 e. The second kappa shape index (κ2) is 13.7. The van der Waals surface area contributed by atoms with Gasteiger partial charge in [0.15, 0.2) is 5.11 Å². The quantitative estimate of drug-likeness (QED) is 0.344. The first kappa shape index (κ1) is 31.7. The molecule has 1 atom stereocenters. The highest BCUT2D eigenvalue weighted by atomic mass is 32.2. The van der Waals surface area contributed by atoms with E-state index in [2.05, 4.69) is 67.4 Å². The average molecular weight is 663 g/mol. The molecule has 0 aliphatic carbocycles. The Hall–Kier alpha value is -2.93. The second-order valence-corrected chi connectivity index (χ2v) is 15.1. The van der Waals surface area contributed by atoms with Gasteiger partial charge in [0, 0.05) is 68.4 Å². The smallest absolute Gasteiger partial charge is 0.252 e. The minimum Gasteiger partial charge on any atom is -0.350 e. The second-order valence-electron chi connectivity index (χ2n) is 13.6. The van der Waals surface area contributed by atoms with Crippen molar-refractivity contribution in [3.63, 3.8) is 0 Å². The van der Waals surface area contributed by atoms with Crippen LogP contribution < -0.4 is 10.9 Å². The van der Waals surface area contributed by atoms with Crippen LogP contribution in [0.4, 0.5) is 0 Å². The average Bonchev–Trinajstić information content (AvgIpc) is 3.74. The number of aryl methyl sites for hydroxylation is 2. The maximum absolute atomic E-state index is 14.2. The number of carbonyl (C=O) groups excluding carboxylic acids is 1. The molecule has 6 heterocycles. The van der Waals surface area contributed by atoms with Crippen molar-refractivity contribution in [3.05, 3.63) is 57.0 Å². The molecule has 7 rings (SSSR count). The molecule has 46 heavy (non-hydrogen) atoms. The molecular formula is C34H46N8O2S2. The zero-order valence-electron chi connectivity index (χ0n) is 27.0. The summed E-state index contributed by atoms with van der Waals surface area (Å²) in [5.74, 6) is 1.38. The molecule has 4 aliphatic heterocycles. The molecule has 3 fully saturated rings. The molecule has 3 aromatic rings. The molecule has 0 bridgehead atoms. The maximum atomic E-state index is 14.2. The van der Waals surface area contributed by atoms with Gasteiger partial charge in [-0.15, -0.1) is 11.8 Å². The van der Waals surface area contributed by atoms with Gasteiger partial charge in [-0.3, -0.25) is 19.6 Å². The molecule has 0 saturated carbocycles. The molecule has 1 amide bonds. The number of rotatable bonds is 6. The van der Waals surface area contributed by atoms with Crippen LogP contribution in [0.1, 0.15) is 53.9 Å². The number of piperazine rings is 1. The van der Waals surface area contributed by atoms with Crippen LogP contribution in [-0.2, 0) is 17.6 Å². The number of nitrogens with zero attached hydrogens (tertiary/aromatic N) is 5. The predicted octanol–water partition coefficient (Wildman–Crippen LogP) is 3.11. The number of thiocarbonyl (C=S) groups is 1. The summed E-state index contributed by atoms with van der Waals surface area (Å²) in [6, 6.07) is 6.59. The first-order valence-corrected chi connectivity index (χ1v) is 18.3. The molecule has 10 nitrogen and oxygen atoms in total. The molecule has 1 aromatic carbocycles. The van der Waals surface area contributed by atoms with Crippen molar-refractivity contribution >= 4 is 45.9 Å². The van der Waals surface area contributed by atoms with E-state index in [1.165, 1.54) is 18.4 Å².